The zero-order chi connectivity index (χ0) is 11.0. The van der Waals surface area contributed by atoms with Gasteiger partial charge in [0.2, 0.25) is 0 Å². The molecule has 0 radical (unpaired) electrons. The minimum Gasteiger partial charge on any atom is -0.122 e. The molecule has 0 heterocycles. The van der Waals surface area contributed by atoms with Crippen LogP contribution in [0.25, 0.3) is 0 Å². The molecular weight excluding hydrogens is 262 g/mol. The summed E-state index contributed by atoms with van der Waals surface area (Å²) in [5.41, 5.74) is 1.35. The maximum Gasteiger partial charge on any atom is 0.0591 e. The molecule has 1 aliphatic rings. The normalized spacial score (nSPS) is 49.9. The molecule has 1 rings (SSSR count). The van der Waals surface area contributed by atoms with Crippen molar-refractivity contribution in [1.82, 2.24) is 0 Å². The molecule has 4 heteroatoms. The van der Waals surface area contributed by atoms with Gasteiger partial charge in [0, 0.05) is 16.3 Å². The zero-order valence-electron chi connectivity index (χ0n) is 8.24. The molecular formula is C10H14Cl4. The average Bonchev–Trinajstić information content (AvgIpc) is 2.01. The standard InChI is InChI=1S/C10H14Cl4/c1-9(3-4-11)6-10(2,14)8(13)5-7(9)12/h3-4,7-8H,5-6H2,1-2H3/b4-3+/t7-,8+,9+,10-/m0/s1. The van der Waals surface area contributed by atoms with E-state index in [-0.39, 0.29) is 16.2 Å². The van der Waals surface area contributed by atoms with Gasteiger partial charge in [0.05, 0.1) is 10.3 Å². The highest BCUT2D eigenvalue weighted by Crippen LogP contribution is 2.49. The van der Waals surface area contributed by atoms with Crippen molar-refractivity contribution in [2.45, 2.75) is 42.3 Å². The second-order valence-corrected chi connectivity index (χ2v) is 6.59. The quantitative estimate of drug-likeness (QED) is 0.606. The summed E-state index contributed by atoms with van der Waals surface area (Å²) in [5, 5.41) is -0.0877. The number of hydrogen-bond donors (Lipinski definition) is 0. The Morgan fingerprint density at radius 1 is 1.21 bits per heavy atom. The van der Waals surface area contributed by atoms with Gasteiger partial charge >= 0.3 is 0 Å². The second-order valence-electron chi connectivity index (χ2n) is 4.42. The van der Waals surface area contributed by atoms with Crippen LogP contribution in [0.2, 0.25) is 0 Å². The molecule has 0 aromatic heterocycles. The molecule has 0 spiro atoms. The molecule has 82 valence electrons. The lowest BCUT2D eigenvalue weighted by Crippen LogP contribution is -2.47. The predicted molar refractivity (Wildman–Crippen MR) is 65.9 cm³/mol. The van der Waals surface area contributed by atoms with E-state index in [4.69, 9.17) is 46.4 Å². The molecule has 0 nitrogen and oxygen atoms in total. The van der Waals surface area contributed by atoms with Crippen molar-refractivity contribution < 1.29 is 0 Å². The molecule has 0 aromatic rings. The lowest BCUT2D eigenvalue weighted by atomic mass is 9.70. The molecule has 0 bridgehead atoms. The third-order valence-electron chi connectivity index (χ3n) is 2.95. The van der Waals surface area contributed by atoms with Crippen LogP contribution < -0.4 is 0 Å². The highest BCUT2D eigenvalue weighted by atomic mass is 35.5. The van der Waals surface area contributed by atoms with Crippen LogP contribution in [0.1, 0.15) is 26.7 Å². The molecule has 0 saturated heterocycles. The lowest BCUT2D eigenvalue weighted by molar-refractivity contribution is 0.253. The van der Waals surface area contributed by atoms with Gasteiger partial charge in [0.25, 0.3) is 0 Å². The summed E-state index contributed by atoms with van der Waals surface area (Å²) in [6.45, 7) is 4.02. The Hall–Kier alpha value is 0.900. The van der Waals surface area contributed by atoms with Gasteiger partial charge < -0.3 is 0 Å². The Morgan fingerprint density at radius 2 is 1.79 bits per heavy atom. The van der Waals surface area contributed by atoms with E-state index < -0.39 is 4.87 Å². The minimum absolute atomic E-state index is 0.00757. The summed E-state index contributed by atoms with van der Waals surface area (Å²) < 4.78 is 0. The van der Waals surface area contributed by atoms with Crippen LogP contribution in [-0.4, -0.2) is 15.6 Å². The largest absolute Gasteiger partial charge is 0.122 e. The highest BCUT2D eigenvalue weighted by molar-refractivity contribution is 6.33. The molecule has 1 fully saturated rings. The number of rotatable bonds is 1. The van der Waals surface area contributed by atoms with E-state index >= 15 is 0 Å². The first-order valence-electron chi connectivity index (χ1n) is 4.57. The van der Waals surface area contributed by atoms with Gasteiger partial charge in [-0.15, -0.1) is 34.8 Å². The van der Waals surface area contributed by atoms with Crippen LogP contribution in [0.4, 0.5) is 0 Å². The van der Waals surface area contributed by atoms with Crippen LogP contribution in [0.15, 0.2) is 11.6 Å². The maximum atomic E-state index is 6.34. The smallest absolute Gasteiger partial charge is 0.0591 e. The monoisotopic (exact) mass is 274 g/mol. The second kappa shape index (κ2) is 4.41. The molecule has 1 saturated carbocycles. The fourth-order valence-electron chi connectivity index (χ4n) is 1.97. The first-order valence-corrected chi connectivity index (χ1v) is 6.25. The van der Waals surface area contributed by atoms with Crippen molar-refractivity contribution in [2.75, 3.05) is 0 Å². The van der Waals surface area contributed by atoms with Gasteiger partial charge in [0.15, 0.2) is 0 Å². The van der Waals surface area contributed by atoms with Crippen LogP contribution in [0.3, 0.4) is 0 Å². The van der Waals surface area contributed by atoms with Crippen molar-refractivity contribution in [2.24, 2.45) is 5.41 Å². The van der Waals surface area contributed by atoms with Gasteiger partial charge in [-0.25, -0.2) is 0 Å². The van der Waals surface area contributed by atoms with Gasteiger partial charge in [0.1, 0.15) is 0 Å². The maximum absolute atomic E-state index is 6.34. The minimum atomic E-state index is -0.405. The fourth-order valence-corrected chi connectivity index (χ4v) is 3.31. The van der Waals surface area contributed by atoms with E-state index in [0.29, 0.717) is 6.42 Å². The number of hydrogen-bond acceptors (Lipinski definition) is 0. The van der Waals surface area contributed by atoms with Gasteiger partial charge in [-0.1, -0.05) is 24.6 Å². The van der Waals surface area contributed by atoms with Crippen LogP contribution >= 0.6 is 46.4 Å². The van der Waals surface area contributed by atoms with Crippen molar-refractivity contribution in [3.05, 3.63) is 11.6 Å². The van der Waals surface area contributed by atoms with Gasteiger partial charge in [-0.2, -0.15) is 0 Å². The summed E-state index contributed by atoms with van der Waals surface area (Å²) in [6.07, 6.45) is 3.36. The fraction of sp³-hybridized carbons (Fsp3) is 0.800. The Balaban J connectivity index is 2.89. The number of alkyl halides is 3. The summed E-state index contributed by atoms with van der Waals surface area (Å²) in [6, 6.07) is 0. The Kier molecular flexibility index (Phi) is 4.09. The summed E-state index contributed by atoms with van der Waals surface area (Å²) in [7, 11) is 0. The van der Waals surface area contributed by atoms with Crippen LogP contribution in [0, 0.1) is 5.41 Å². The number of halogens is 4. The molecule has 4 atom stereocenters. The molecule has 0 aliphatic heterocycles. The number of allylic oxidation sites excluding steroid dienone is 1. The average molecular weight is 276 g/mol. The molecule has 0 amide bonds. The van der Waals surface area contributed by atoms with E-state index in [1.807, 2.05) is 13.0 Å². The summed E-state index contributed by atoms with van der Waals surface area (Å²) in [4.78, 5) is -0.405. The van der Waals surface area contributed by atoms with Gasteiger partial charge in [-0.3, -0.25) is 0 Å². The first-order chi connectivity index (χ1) is 6.32. The SMILES string of the molecule is C[C@]1(Cl)C[C@@](C)(/C=C/Cl)[C@@H](Cl)C[C@H]1Cl. The zero-order valence-corrected chi connectivity index (χ0v) is 11.3. The van der Waals surface area contributed by atoms with Crippen molar-refractivity contribution in [3.63, 3.8) is 0 Å². The van der Waals surface area contributed by atoms with E-state index in [1.54, 1.807) is 0 Å². The Labute approximate surface area is 106 Å². The molecule has 0 N–H and O–H groups in total. The summed E-state index contributed by atoms with van der Waals surface area (Å²) >= 11 is 24.4. The Bertz CT molecular complexity index is 236. The molecule has 0 unspecified atom stereocenters. The molecule has 14 heavy (non-hydrogen) atoms. The highest BCUT2D eigenvalue weighted by Gasteiger charge is 2.47. The van der Waals surface area contributed by atoms with E-state index in [0.717, 1.165) is 6.42 Å². The van der Waals surface area contributed by atoms with E-state index in [9.17, 15) is 0 Å². The molecule has 0 aromatic carbocycles. The third-order valence-corrected chi connectivity index (χ3v) is 4.92. The first kappa shape index (κ1) is 13.0. The molecule has 1 aliphatic carbocycles. The van der Waals surface area contributed by atoms with Crippen LogP contribution in [0.5, 0.6) is 0 Å². The topological polar surface area (TPSA) is 0 Å². The van der Waals surface area contributed by atoms with Crippen molar-refractivity contribution in [1.29, 1.82) is 0 Å². The Morgan fingerprint density at radius 3 is 2.29 bits per heavy atom. The van der Waals surface area contributed by atoms with E-state index in [1.165, 1.54) is 5.54 Å². The van der Waals surface area contributed by atoms with Crippen LogP contribution in [-0.2, 0) is 0 Å². The van der Waals surface area contributed by atoms with Crippen molar-refractivity contribution >= 4 is 46.4 Å². The van der Waals surface area contributed by atoms with Gasteiger partial charge in [-0.05, 0) is 19.8 Å². The van der Waals surface area contributed by atoms with Crippen molar-refractivity contribution in [3.8, 4) is 0 Å². The van der Waals surface area contributed by atoms with E-state index in [2.05, 4.69) is 6.92 Å². The summed E-state index contributed by atoms with van der Waals surface area (Å²) in [5.74, 6) is 0. The predicted octanol–water partition coefficient (Wildman–Crippen LogP) is 4.75. The lowest BCUT2D eigenvalue weighted by Gasteiger charge is -2.45. The third kappa shape index (κ3) is 2.52.